The third-order valence-electron chi connectivity index (χ3n) is 4.60. The van der Waals surface area contributed by atoms with E-state index in [1.165, 1.54) is 0 Å². The Morgan fingerprint density at radius 2 is 2.26 bits per heavy atom. The fourth-order valence-corrected chi connectivity index (χ4v) is 5.36. The van der Waals surface area contributed by atoms with Crippen molar-refractivity contribution in [2.24, 2.45) is 11.8 Å². The van der Waals surface area contributed by atoms with Crippen molar-refractivity contribution in [1.82, 2.24) is 5.32 Å². The molecule has 3 rings (SSSR count). The summed E-state index contributed by atoms with van der Waals surface area (Å²) in [5, 5.41) is 12.8. The highest BCUT2D eigenvalue weighted by Crippen LogP contribution is 2.46. The van der Waals surface area contributed by atoms with Crippen molar-refractivity contribution in [2.75, 3.05) is 0 Å². The predicted molar refractivity (Wildman–Crippen MR) is 69.5 cm³/mol. The highest BCUT2D eigenvalue weighted by Gasteiger charge is 2.73. The van der Waals surface area contributed by atoms with Crippen molar-refractivity contribution >= 4 is 21.8 Å². The SMILES string of the molecule is CC1C(=O)S(=O)[C@@]2([C@@H](O)[C@@H]3C=CCCC3)C(=O)N[C@@H]12. The van der Waals surface area contributed by atoms with Crippen LogP contribution in [0.5, 0.6) is 0 Å². The van der Waals surface area contributed by atoms with Crippen molar-refractivity contribution in [3.63, 3.8) is 0 Å². The van der Waals surface area contributed by atoms with E-state index in [0.29, 0.717) is 0 Å². The molecule has 3 aliphatic rings. The third kappa shape index (κ3) is 1.47. The van der Waals surface area contributed by atoms with Gasteiger partial charge in [-0.1, -0.05) is 19.1 Å². The van der Waals surface area contributed by atoms with Gasteiger partial charge in [-0.15, -0.1) is 0 Å². The minimum atomic E-state index is -1.94. The Bertz CT molecular complexity index is 503. The van der Waals surface area contributed by atoms with Gasteiger partial charge in [0.2, 0.25) is 11.0 Å². The van der Waals surface area contributed by atoms with Gasteiger partial charge >= 0.3 is 0 Å². The molecule has 6 atom stereocenters. The number of aliphatic hydroxyl groups excluding tert-OH is 1. The molecule has 0 aromatic carbocycles. The number of aliphatic hydroxyl groups is 1. The Labute approximate surface area is 113 Å². The van der Waals surface area contributed by atoms with E-state index in [1.54, 1.807) is 6.92 Å². The Morgan fingerprint density at radius 1 is 1.53 bits per heavy atom. The fraction of sp³-hybridized carbons (Fsp3) is 0.692. The third-order valence-corrected chi connectivity index (χ3v) is 6.63. The molecule has 1 amide bonds. The van der Waals surface area contributed by atoms with Gasteiger partial charge in [0.05, 0.1) is 18.1 Å². The minimum absolute atomic E-state index is 0.190. The van der Waals surface area contributed by atoms with Gasteiger partial charge in [0.25, 0.3) is 0 Å². The Morgan fingerprint density at radius 3 is 2.79 bits per heavy atom. The number of allylic oxidation sites excluding steroid dienone is 1. The molecule has 0 saturated carbocycles. The van der Waals surface area contributed by atoms with Gasteiger partial charge in [-0.05, 0) is 19.3 Å². The van der Waals surface area contributed by atoms with Crippen LogP contribution in [0.3, 0.4) is 0 Å². The molecule has 2 heterocycles. The molecular formula is C13H17NO4S. The number of hydrogen-bond acceptors (Lipinski definition) is 4. The molecule has 0 aromatic rings. The first kappa shape index (κ1) is 13.0. The lowest BCUT2D eigenvalue weighted by molar-refractivity contribution is -0.140. The number of fused-ring (bicyclic) bond motifs is 1. The van der Waals surface area contributed by atoms with Gasteiger partial charge in [0.1, 0.15) is 10.8 Å². The highest BCUT2D eigenvalue weighted by molar-refractivity contribution is 8.03. The van der Waals surface area contributed by atoms with Crippen LogP contribution in [0.2, 0.25) is 0 Å². The molecule has 6 heteroatoms. The molecule has 2 aliphatic heterocycles. The molecule has 2 N–H and O–H groups in total. The lowest BCUT2D eigenvalue weighted by Crippen LogP contribution is -2.78. The summed E-state index contributed by atoms with van der Waals surface area (Å²) in [5.74, 6) is -1.12. The lowest BCUT2D eigenvalue weighted by Gasteiger charge is -2.47. The molecule has 5 nitrogen and oxygen atoms in total. The number of nitrogens with one attached hydrogen (secondary N) is 1. The maximum Gasteiger partial charge on any atom is 0.244 e. The van der Waals surface area contributed by atoms with E-state index >= 15 is 0 Å². The standard InChI is InChI=1S/C13H17NO4S/c1-7-9-13(12(17)14-9,19(18)11(7)16)10(15)8-5-3-2-4-6-8/h3,5,7-10,15H,2,4,6H2,1H3,(H,14,17)/t7?,8-,9+,10+,13+,19?/m1/s1. The summed E-state index contributed by atoms with van der Waals surface area (Å²) in [5.41, 5.74) is 0. The largest absolute Gasteiger partial charge is 0.390 e. The smallest absolute Gasteiger partial charge is 0.244 e. The second kappa shape index (κ2) is 4.24. The lowest BCUT2D eigenvalue weighted by atomic mass is 9.73. The Kier molecular flexibility index (Phi) is 2.90. The van der Waals surface area contributed by atoms with Crippen LogP contribution in [0.25, 0.3) is 0 Å². The predicted octanol–water partition coefficient (Wildman–Crippen LogP) is -0.134. The van der Waals surface area contributed by atoms with Crippen molar-refractivity contribution in [3.8, 4) is 0 Å². The van der Waals surface area contributed by atoms with Crippen LogP contribution >= 0.6 is 0 Å². The van der Waals surface area contributed by atoms with Crippen LogP contribution in [-0.2, 0) is 20.4 Å². The van der Waals surface area contributed by atoms with Crippen LogP contribution in [0.4, 0.5) is 0 Å². The van der Waals surface area contributed by atoms with Crippen LogP contribution in [0, 0.1) is 11.8 Å². The zero-order valence-corrected chi connectivity index (χ0v) is 11.5. The summed E-state index contributed by atoms with van der Waals surface area (Å²) in [6.07, 6.45) is 5.48. The first-order valence-electron chi connectivity index (χ1n) is 6.62. The van der Waals surface area contributed by atoms with Gasteiger partial charge in [0, 0.05) is 5.92 Å². The second-order valence-corrected chi connectivity index (χ2v) is 7.20. The molecule has 0 spiro atoms. The zero-order chi connectivity index (χ0) is 13.8. The van der Waals surface area contributed by atoms with Gasteiger partial charge in [-0.25, -0.2) is 0 Å². The highest BCUT2D eigenvalue weighted by atomic mass is 32.2. The number of carbonyl (C=O) groups excluding carboxylic acids is 2. The van der Waals surface area contributed by atoms with E-state index in [9.17, 15) is 18.9 Å². The number of carbonyl (C=O) groups is 2. The van der Waals surface area contributed by atoms with Crippen molar-refractivity contribution in [1.29, 1.82) is 0 Å². The average Bonchev–Trinajstić information content (AvgIpc) is 2.57. The summed E-state index contributed by atoms with van der Waals surface area (Å²) in [4.78, 5) is 23.9. The maximum atomic E-state index is 12.3. The first-order chi connectivity index (χ1) is 9.01. The maximum absolute atomic E-state index is 12.3. The Hall–Kier alpha value is -1.01. The van der Waals surface area contributed by atoms with Gasteiger partial charge in [-0.2, -0.15) is 0 Å². The molecule has 104 valence electrons. The van der Waals surface area contributed by atoms with Crippen molar-refractivity contribution < 1.29 is 18.9 Å². The van der Waals surface area contributed by atoms with Crippen LogP contribution in [0.1, 0.15) is 26.2 Å². The summed E-state index contributed by atoms with van der Waals surface area (Å²) in [7, 11) is -1.94. The van der Waals surface area contributed by atoms with Gasteiger partial charge in [-0.3, -0.25) is 13.8 Å². The first-order valence-corrected chi connectivity index (χ1v) is 7.77. The molecular weight excluding hydrogens is 266 g/mol. The van der Waals surface area contributed by atoms with Crippen molar-refractivity contribution in [2.45, 2.75) is 43.1 Å². The molecule has 0 radical (unpaired) electrons. The molecule has 2 saturated heterocycles. The van der Waals surface area contributed by atoms with Gasteiger partial charge < -0.3 is 10.4 Å². The van der Waals surface area contributed by atoms with Crippen LogP contribution < -0.4 is 5.32 Å². The second-order valence-electron chi connectivity index (χ2n) is 5.59. The zero-order valence-electron chi connectivity index (χ0n) is 10.7. The number of amides is 1. The number of hydrogen-bond donors (Lipinski definition) is 2. The van der Waals surface area contributed by atoms with E-state index in [4.69, 9.17) is 0 Å². The summed E-state index contributed by atoms with van der Waals surface area (Å²) >= 11 is 0. The normalized spacial score (nSPS) is 46.4. The summed E-state index contributed by atoms with van der Waals surface area (Å²) in [6, 6.07) is -0.487. The molecule has 1 aliphatic carbocycles. The van der Waals surface area contributed by atoms with Crippen LogP contribution in [0.15, 0.2) is 12.2 Å². The van der Waals surface area contributed by atoms with Gasteiger partial charge in [0.15, 0.2) is 4.75 Å². The molecule has 19 heavy (non-hydrogen) atoms. The Balaban J connectivity index is 1.98. The quantitative estimate of drug-likeness (QED) is 0.546. The molecule has 2 unspecified atom stereocenters. The monoisotopic (exact) mass is 283 g/mol. The van der Waals surface area contributed by atoms with E-state index < -0.39 is 44.6 Å². The van der Waals surface area contributed by atoms with Crippen molar-refractivity contribution in [3.05, 3.63) is 12.2 Å². The van der Waals surface area contributed by atoms with E-state index in [0.717, 1.165) is 19.3 Å². The van der Waals surface area contributed by atoms with E-state index in [1.807, 2.05) is 12.2 Å². The minimum Gasteiger partial charge on any atom is -0.390 e. The molecule has 0 bridgehead atoms. The van der Waals surface area contributed by atoms with Crippen LogP contribution in [-0.4, -0.2) is 37.2 Å². The topological polar surface area (TPSA) is 83.5 Å². The molecule has 2 fully saturated rings. The number of β-lactam (4-membered cyclic amide) rings is 1. The average molecular weight is 283 g/mol. The molecule has 0 aromatic heterocycles. The summed E-state index contributed by atoms with van der Waals surface area (Å²) < 4.78 is 10.9. The van der Waals surface area contributed by atoms with E-state index in [-0.39, 0.29) is 5.92 Å². The number of rotatable bonds is 2. The fourth-order valence-electron chi connectivity index (χ4n) is 3.44. The summed E-state index contributed by atoms with van der Waals surface area (Å²) in [6.45, 7) is 1.66. The van der Waals surface area contributed by atoms with E-state index in [2.05, 4.69) is 5.32 Å².